The van der Waals surface area contributed by atoms with E-state index in [9.17, 15) is 10.1 Å². The summed E-state index contributed by atoms with van der Waals surface area (Å²) in [5.74, 6) is 0. The number of nitro benzene ring substituents is 1. The number of non-ortho nitro benzene ring substituents is 1. The van der Waals surface area contributed by atoms with Gasteiger partial charge in [-0.15, -0.1) is 11.3 Å². The lowest BCUT2D eigenvalue weighted by atomic mass is 10.1. The predicted molar refractivity (Wildman–Crippen MR) is 160 cm³/mol. The molecular formula is C29H39N7O2S. The molecule has 2 saturated heterocycles. The molecule has 0 unspecified atom stereocenters. The molecule has 0 saturated carbocycles. The number of hydrogen-bond acceptors (Lipinski definition) is 9. The third-order valence-corrected chi connectivity index (χ3v) is 8.76. The summed E-state index contributed by atoms with van der Waals surface area (Å²) < 4.78 is 0. The summed E-state index contributed by atoms with van der Waals surface area (Å²) in [6, 6.07) is 15.8. The van der Waals surface area contributed by atoms with Crippen molar-refractivity contribution in [2.45, 2.75) is 12.8 Å². The van der Waals surface area contributed by atoms with Crippen LogP contribution in [0.4, 0.5) is 16.5 Å². The molecule has 39 heavy (non-hydrogen) atoms. The zero-order valence-electron chi connectivity index (χ0n) is 22.8. The van der Waals surface area contributed by atoms with Crippen molar-refractivity contribution in [2.24, 2.45) is 0 Å². The molecule has 0 spiro atoms. The Balaban J connectivity index is 0.948. The normalized spacial score (nSPS) is 17.4. The highest BCUT2D eigenvalue weighted by Crippen LogP contribution is 2.25. The van der Waals surface area contributed by atoms with Crippen LogP contribution in [0, 0.1) is 10.1 Å². The first-order valence-electron chi connectivity index (χ1n) is 14.0. The summed E-state index contributed by atoms with van der Waals surface area (Å²) in [7, 11) is 1.91. The van der Waals surface area contributed by atoms with E-state index >= 15 is 0 Å². The van der Waals surface area contributed by atoms with Crippen molar-refractivity contribution in [1.82, 2.24) is 19.7 Å². The Morgan fingerprint density at radius 3 is 2.00 bits per heavy atom. The van der Waals surface area contributed by atoms with Crippen LogP contribution in [0.1, 0.15) is 12.0 Å². The Labute approximate surface area is 235 Å². The molecule has 0 bridgehead atoms. The van der Waals surface area contributed by atoms with E-state index in [0.29, 0.717) is 0 Å². The van der Waals surface area contributed by atoms with Crippen LogP contribution in [0.5, 0.6) is 0 Å². The molecule has 3 aromatic rings. The van der Waals surface area contributed by atoms with Gasteiger partial charge in [0.15, 0.2) is 5.13 Å². The lowest BCUT2D eigenvalue weighted by molar-refractivity contribution is -0.384. The molecule has 2 fully saturated rings. The Bertz CT molecular complexity index is 1190. The fourth-order valence-electron chi connectivity index (χ4n) is 5.42. The van der Waals surface area contributed by atoms with Crippen molar-refractivity contribution in [3.8, 4) is 11.3 Å². The van der Waals surface area contributed by atoms with E-state index in [1.165, 1.54) is 24.1 Å². The van der Waals surface area contributed by atoms with Gasteiger partial charge in [0, 0.05) is 94.7 Å². The molecule has 1 aromatic heterocycles. The van der Waals surface area contributed by atoms with Crippen molar-refractivity contribution in [1.29, 1.82) is 0 Å². The average Bonchev–Trinajstić information content (AvgIpc) is 3.47. The molecule has 5 rings (SSSR count). The Morgan fingerprint density at radius 1 is 0.846 bits per heavy atom. The van der Waals surface area contributed by atoms with Gasteiger partial charge in [-0.3, -0.25) is 15.0 Å². The van der Waals surface area contributed by atoms with Crippen LogP contribution in [0.2, 0.25) is 0 Å². The van der Waals surface area contributed by atoms with Crippen molar-refractivity contribution < 1.29 is 4.92 Å². The van der Waals surface area contributed by atoms with Crippen molar-refractivity contribution >= 4 is 27.8 Å². The smallest absolute Gasteiger partial charge is 0.269 e. The van der Waals surface area contributed by atoms with Crippen molar-refractivity contribution in [3.05, 3.63) is 69.6 Å². The molecule has 3 heterocycles. The summed E-state index contributed by atoms with van der Waals surface area (Å²) in [5, 5.41) is 17.0. The Kier molecular flexibility index (Phi) is 9.41. The summed E-state index contributed by atoms with van der Waals surface area (Å²) in [6.45, 7) is 12.1. The lowest BCUT2D eigenvalue weighted by Crippen LogP contribution is -2.49. The van der Waals surface area contributed by atoms with E-state index < -0.39 is 0 Å². The number of nitro groups is 1. The standard InChI is InChI=1S/C29H39N7O2S/c1-30-29-31-28(23-39-29)25-5-3-24(4-6-25)11-14-34-17-15-32(16-18-34)12-2-13-33-19-21-35(22-20-33)26-7-9-27(10-8-26)36(37)38/h3-10,23H,2,11-22H2,1H3,(H,30,31). The highest BCUT2D eigenvalue weighted by molar-refractivity contribution is 7.14. The second-order valence-corrected chi connectivity index (χ2v) is 11.2. The number of aromatic nitrogens is 1. The molecular weight excluding hydrogens is 510 g/mol. The van der Waals surface area contributed by atoms with Crippen LogP contribution in [-0.4, -0.2) is 104 Å². The molecule has 0 amide bonds. The predicted octanol–water partition coefficient (Wildman–Crippen LogP) is 4.13. The maximum Gasteiger partial charge on any atom is 0.269 e. The third kappa shape index (κ3) is 7.54. The number of nitrogens with zero attached hydrogens (tertiary/aromatic N) is 6. The van der Waals surface area contributed by atoms with Crippen LogP contribution >= 0.6 is 11.3 Å². The van der Waals surface area contributed by atoms with E-state index in [1.54, 1.807) is 23.5 Å². The number of rotatable bonds is 11. The van der Waals surface area contributed by atoms with Crippen molar-refractivity contribution in [3.63, 3.8) is 0 Å². The van der Waals surface area contributed by atoms with Crippen LogP contribution < -0.4 is 10.2 Å². The molecule has 0 aliphatic carbocycles. The Hall–Kier alpha value is -3.05. The second kappa shape index (κ2) is 13.3. The topological polar surface area (TPSA) is 81.0 Å². The SMILES string of the molecule is CNc1nc(-c2ccc(CCN3CCN(CCCN4CCN(c5ccc([N+](=O)[O-])cc5)CC4)CC3)cc2)cs1. The van der Waals surface area contributed by atoms with Crippen LogP contribution in [0.25, 0.3) is 11.3 Å². The molecule has 2 aromatic carbocycles. The average molecular weight is 550 g/mol. The number of benzene rings is 2. The quantitative estimate of drug-likeness (QED) is 0.283. The van der Waals surface area contributed by atoms with Gasteiger partial charge in [-0.2, -0.15) is 0 Å². The first-order valence-corrected chi connectivity index (χ1v) is 14.8. The third-order valence-electron chi connectivity index (χ3n) is 7.90. The summed E-state index contributed by atoms with van der Waals surface area (Å²) >= 11 is 1.64. The van der Waals surface area contributed by atoms with E-state index in [2.05, 4.69) is 59.5 Å². The molecule has 1 N–H and O–H groups in total. The second-order valence-electron chi connectivity index (χ2n) is 10.4. The number of thiazole rings is 1. The number of hydrogen-bond donors (Lipinski definition) is 1. The number of piperazine rings is 2. The van der Waals surface area contributed by atoms with E-state index in [4.69, 9.17) is 0 Å². The highest BCUT2D eigenvalue weighted by atomic mass is 32.1. The zero-order valence-corrected chi connectivity index (χ0v) is 23.6. The summed E-state index contributed by atoms with van der Waals surface area (Å²) in [4.78, 5) is 25.2. The number of anilines is 2. The van der Waals surface area contributed by atoms with E-state index in [-0.39, 0.29) is 10.6 Å². The zero-order chi connectivity index (χ0) is 27.0. The first kappa shape index (κ1) is 27.5. The summed E-state index contributed by atoms with van der Waals surface area (Å²) in [6.07, 6.45) is 2.30. The van der Waals surface area contributed by atoms with Gasteiger partial charge >= 0.3 is 0 Å². The maximum atomic E-state index is 10.9. The summed E-state index contributed by atoms with van der Waals surface area (Å²) in [5.41, 5.74) is 4.83. The van der Waals surface area contributed by atoms with Crippen LogP contribution in [0.3, 0.4) is 0 Å². The van der Waals surface area contributed by atoms with E-state index in [0.717, 1.165) is 88.4 Å². The van der Waals surface area contributed by atoms with Crippen molar-refractivity contribution in [2.75, 3.05) is 89.3 Å². The fourth-order valence-corrected chi connectivity index (χ4v) is 6.10. The fraction of sp³-hybridized carbons (Fsp3) is 0.483. The minimum Gasteiger partial charge on any atom is -0.369 e. The van der Waals surface area contributed by atoms with Gasteiger partial charge in [0.1, 0.15) is 0 Å². The van der Waals surface area contributed by atoms with Gasteiger partial charge in [0.2, 0.25) is 0 Å². The minimum atomic E-state index is -0.341. The lowest BCUT2D eigenvalue weighted by Gasteiger charge is -2.37. The minimum absolute atomic E-state index is 0.152. The highest BCUT2D eigenvalue weighted by Gasteiger charge is 2.20. The van der Waals surface area contributed by atoms with Gasteiger partial charge < -0.3 is 20.0 Å². The first-order chi connectivity index (χ1) is 19.1. The molecule has 2 aliphatic rings. The van der Waals surface area contributed by atoms with E-state index in [1.807, 2.05) is 19.2 Å². The monoisotopic (exact) mass is 549 g/mol. The van der Waals surface area contributed by atoms with Gasteiger partial charge in [-0.05, 0) is 43.6 Å². The number of nitrogens with one attached hydrogen (secondary N) is 1. The maximum absolute atomic E-state index is 10.9. The van der Waals surface area contributed by atoms with Gasteiger partial charge in [0.05, 0.1) is 10.6 Å². The molecule has 9 nitrogen and oxygen atoms in total. The molecule has 2 aliphatic heterocycles. The van der Waals surface area contributed by atoms with Crippen LogP contribution in [0.15, 0.2) is 53.9 Å². The molecule has 208 valence electrons. The van der Waals surface area contributed by atoms with Crippen LogP contribution in [-0.2, 0) is 6.42 Å². The van der Waals surface area contributed by atoms with Gasteiger partial charge in [0.25, 0.3) is 5.69 Å². The van der Waals surface area contributed by atoms with Gasteiger partial charge in [-0.25, -0.2) is 4.98 Å². The largest absolute Gasteiger partial charge is 0.369 e. The molecule has 10 heteroatoms. The Morgan fingerprint density at radius 2 is 1.44 bits per heavy atom. The van der Waals surface area contributed by atoms with Gasteiger partial charge in [-0.1, -0.05) is 24.3 Å². The molecule has 0 atom stereocenters. The molecule has 0 radical (unpaired) electrons.